The van der Waals surface area contributed by atoms with Crippen molar-refractivity contribution in [1.82, 2.24) is 9.62 Å². The molecule has 1 aromatic rings. The first-order valence-corrected chi connectivity index (χ1v) is 9.57. The number of hydrogen-bond acceptors (Lipinski definition) is 4. The van der Waals surface area contributed by atoms with Crippen LogP contribution in [0.3, 0.4) is 0 Å². The highest BCUT2D eigenvalue weighted by molar-refractivity contribution is 7.89. The molecular weight excluding hydrogens is 314 g/mol. The molecule has 2 aliphatic heterocycles. The van der Waals surface area contributed by atoms with Gasteiger partial charge in [-0.15, -0.1) is 0 Å². The number of hydrogen-bond donors (Lipinski definition) is 2. The maximum atomic E-state index is 12.9. The van der Waals surface area contributed by atoms with Crippen molar-refractivity contribution in [2.45, 2.75) is 30.2 Å². The van der Waals surface area contributed by atoms with Gasteiger partial charge in [0, 0.05) is 31.2 Å². The molecule has 0 spiro atoms. The first-order chi connectivity index (χ1) is 11.0. The number of carbonyl (C=O) groups is 1. The van der Waals surface area contributed by atoms with Crippen LogP contribution in [-0.2, 0) is 16.4 Å². The van der Waals surface area contributed by atoms with Crippen molar-refractivity contribution in [2.24, 2.45) is 17.6 Å². The van der Waals surface area contributed by atoms with Crippen molar-refractivity contribution in [3.8, 4) is 0 Å². The van der Waals surface area contributed by atoms with Gasteiger partial charge < -0.3 is 11.1 Å². The van der Waals surface area contributed by atoms with Gasteiger partial charge in [-0.3, -0.25) is 4.79 Å². The lowest BCUT2D eigenvalue weighted by Gasteiger charge is -2.21. The van der Waals surface area contributed by atoms with Crippen molar-refractivity contribution in [2.75, 3.05) is 19.6 Å². The van der Waals surface area contributed by atoms with Crippen LogP contribution in [0.15, 0.2) is 23.1 Å². The lowest BCUT2D eigenvalue weighted by atomic mass is 9.98. The molecule has 0 bridgehead atoms. The van der Waals surface area contributed by atoms with Crippen LogP contribution in [0.25, 0.3) is 0 Å². The van der Waals surface area contributed by atoms with Gasteiger partial charge in [0.1, 0.15) is 0 Å². The van der Waals surface area contributed by atoms with Gasteiger partial charge in [0.15, 0.2) is 0 Å². The Hall–Kier alpha value is -1.44. The summed E-state index contributed by atoms with van der Waals surface area (Å²) in [5.74, 6) is 0.454. The summed E-state index contributed by atoms with van der Waals surface area (Å²) < 4.78 is 27.4. The number of amides is 1. The number of nitrogens with two attached hydrogens (primary N) is 1. The summed E-state index contributed by atoms with van der Waals surface area (Å²) >= 11 is 0. The molecule has 1 aliphatic carbocycles. The van der Waals surface area contributed by atoms with Crippen LogP contribution in [0.4, 0.5) is 0 Å². The highest BCUT2D eigenvalue weighted by Crippen LogP contribution is 2.39. The van der Waals surface area contributed by atoms with Gasteiger partial charge in [-0.05, 0) is 48.8 Å². The van der Waals surface area contributed by atoms with Crippen LogP contribution in [0, 0.1) is 11.8 Å². The number of carbonyl (C=O) groups excluding carboxylic acids is 1. The van der Waals surface area contributed by atoms with E-state index in [1.165, 1.54) is 6.07 Å². The van der Waals surface area contributed by atoms with E-state index in [0.29, 0.717) is 31.1 Å². The molecular formula is C16H21N3O3S. The highest BCUT2D eigenvalue weighted by atomic mass is 32.2. The Morgan fingerprint density at radius 3 is 2.83 bits per heavy atom. The molecule has 3 N–H and O–H groups in total. The van der Waals surface area contributed by atoms with Gasteiger partial charge in [-0.25, -0.2) is 8.42 Å². The molecule has 1 amide bonds. The predicted octanol–water partition coefficient (Wildman–Crippen LogP) is 0.330. The Morgan fingerprint density at radius 1 is 1.22 bits per heavy atom. The molecule has 2 heterocycles. The second kappa shape index (κ2) is 5.29. The fourth-order valence-corrected chi connectivity index (χ4v) is 5.72. The van der Waals surface area contributed by atoms with Gasteiger partial charge in [-0.1, -0.05) is 6.07 Å². The molecule has 7 heteroatoms. The third-order valence-corrected chi connectivity index (χ3v) is 7.35. The molecule has 6 nitrogen and oxygen atoms in total. The third kappa shape index (κ3) is 2.38. The highest BCUT2D eigenvalue weighted by Gasteiger charge is 2.45. The normalized spacial score (nSPS) is 30.8. The summed E-state index contributed by atoms with van der Waals surface area (Å²) in [4.78, 5) is 12.2. The molecule has 0 radical (unpaired) electrons. The molecule has 1 saturated carbocycles. The molecule has 4 rings (SSSR count). The number of nitrogens with one attached hydrogen (secondary N) is 1. The standard InChI is InChI=1S/C16H21N3O3S/c17-15-4-2-11-8-19(9-14(11)15)23(21,22)12-3-1-10-5-6-18-16(20)13(10)7-12/h1,3,7,11,14-15H,2,4-6,8-9,17H2,(H,18,20). The summed E-state index contributed by atoms with van der Waals surface area (Å²) in [6, 6.07) is 5.02. The summed E-state index contributed by atoms with van der Waals surface area (Å²) in [6.45, 7) is 1.65. The molecule has 2 fully saturated rings. The minimum atomic E-state index is -3.56. The number of fused-ring (bicyclic) bond motifs is 2. The SMILES string of the molecule is NC1CCC2CN(S(=O)(=O)c3ccc4c(c3)C(=O)NCC4)CC12. The lowest BCUT2D eigenvalue weighted by Crippen LogP contribution is -2.34. The van der Waals surface area contributed by atoms with E-state index in [4.69, 9.17) is 5.73 Å². The number of benzene rings is 1. The zero-order chi connectivity index (χ0) is 16.2. The van der Waals surface area contributed by atoms with Crippen LogP contribution >= 0.6 is 0 Å². The van der Waals surface area contributed by atoms with E-state index in [1.54, 1.807) is 16.4 Å². The smallest absolute Gasteiger partial charge is 0.251 e. The van der Waals surface area contributed by atoms with E-state index in [0.717, 1.165) is 24.8 Å². The first kappa shape index (κ1) is 15.1. The van der Waals surface area contributed by atoms with Crippen LogP contribution in [0.2, 0.25) is 0 Å². The maximum Gasteiger partial charge on any atom is 0.251 e. The van der Waals surface area contributed by atoms with Gasteiger partial charge >= 0.3 is 0 Å². The molecule has 3 aliphatic rings. The van der Waals surface area contributed by atoms with Crippen LogP contribution < -0.4 is 11.1 Å². The van der Waals surface area contributed by atoms with Crippen molar-refractivity contribution in [3.05, 3.63) is 29.3 Å². The largest absolute Gasteiger partial charge is 0.352 e. The van der Waals surface area contributed by atoms with Crippen molar-refractivity contribution in [3.63, 3.8) is 0 Å². The number of sulfonamides is 1. The van der Waals surface area contributed by atoms with Gasteiger partial charge in [-0.2, -0.15) is 4.31 Å². The van der Waals surface area contributed by atoms with Crippen LogP contribution in [-0.4, -0.2) is 44.3 Å². The Labute approximate surface area is 136 Å². The number of nitrogens with zero attached hydrogens (tertiary/aromatic N) is 1. The second-order valence-corrected chi connectivity index (χ2v) is 8.75. The van der Waals surface area contributed by atoms with E-state index >= 15 is 0 Å². The maximum absolute atomic E-state index is 12.9. The van der Waals surface area contributed by atoms with Gasteiger partial charge in [0.25, 0.3) is 5.91 Å². The molecule has 23 heavy (non-hydrogen) atoms. The van der Waals surface area contributed by atoms with E-state index < -0.39 is 10.0 Å². The van der Waals surface area contributed by atoms with Gasteiger partial charge in [0.05, 0.1) is 4.90 Å². The second-order valence-electron chi connectivity index (χ2n) is 6.81. The Kier molecular flexibility index (Phi) is 3.48. The topological polar surface area (TPSA) is 92.5 Å². The van der Waals surface area contributed by atoms with Crippen molar-refractivity contribution >= 4 is 15.9 Å². The van der Waals surface area contributed by atoms with E-state index in [2.05, 4.69) is 5.32 Å². The fraction of sp³-hybridized carbons (Fsp3) is 0.562. The molecule has 1 aromatic carbocycles. The Morgan fingerprint density at radius 2 is 2.04 bits per heavy atom. The average molecular weight is 335 g/mol. The average Bonchev–Trinajstić information content (AvgIpc) is 3.10. The summed E-state index contributed by atoms with van der Waals surface area (Å²) in [5.41, 5.74) is 7.49. The molecule has 1 saturated heterocycles. The third-order valence-electron chi connectivity index (χ3n) is 5.52. The van der Waals surface area contributed by atoms with E-state index in [-0.39, 0.29) is 22.8 Å². The minimum Gasteiger partial charge on any atom is -0.352 e. The summed E-state index contributed by atoms with van der Waals surface area (Å²) in [7, 11) is -3.56. The quantitative estimate of drug-likeness (QED) is 0.815. The molecule has 0 aromatic heterocycles. The monoisotopic (exact) mass is 335 g/mol. The molecule has 124 valence electrons. The first-order valence-electron chi connectivity index (χ1n) is 8.13. The van der Waals surface area contributed by atoms with Crippen molar-refractivity contribution < 1.29 is 13.2 Å². The van der Waals surface area contributed by atoms with E-state index in [9.17, 15) is 13.2 Å². The van der Waals surface area contributed by atoms with E-state index in [1.807, 2.05) is 0 Å². The van der Waals surface area contributed by atoms with Crippen LogP contribution in [0.5, 0.6) is 0 Å². The van der Waals surface area contributed by atoms with Gasteiger partial charge in [0.2, 0.25) is 10.0 Å². The minimum absolute atomic E-state index is 0.106. The van der Waals surface area contributed by atoms with Crippen LogP contribution in [0.1, 0.15) is 28.8 Å². The zero-order valence-electron chi connectivity index (χ0n) is 12.9. The zero-order valence-corrected chi connectivity index (χ0v) is 13.7. The Bertz CT molecular complexity index is 762. The number of rotatable bonds is 2. The summed E-state index contributed by atoms with van der Waals surface area (Å²) in [6.07, 6.45) is 2.73. The molecule has 3 atom stereocenters. The summed E-state index contributed by atoms with van der Waals surface area (Å²) in [5, 5.41) is 2.76. The predicted molar refractivity (Wildman–Crippen MR) is 85.4 cm³/mol. The fourth-order valence-electron chi connectivity index (χ4n) is 4.16. The Balaban J connectivity index is 1.65. The lowest BCUT2D eigenvalue weighted by molar-refractivity contribution is 0.0945. The molecule has 3 unspecified atom stereocenters. The van der Waals surface area contributed by atoms with Crippen molar-refractivity contribution in [1.29, 1.82) is 0 Å².